The summed E-state index contributed by atoms with van der Waals surface area (Å²) in [7, 11) is 0. The zero-order valence-corrected chi connectivity index (χ0v) is 8.85. The number of nitrogens with two attached hydrogens (primary N) is 1. The lowest BCUT2D eigenvalue weighted by molar-refractivity contribution is 0.0439. The van der Waals surface area contributed by atoms with Crippen molar-refractivity contribution in [1.29, 1.82) is 0 Å². The predicted molar refractivity (Wildman–Crippen MR) is 56.0 cm³/mol. The molecule has 3 nitrogen and oxygen atoms in total. The van der Waals surface area contributed by atoms with Crippen molar-refractivity contribution < 1.29 is 9.52 Å². The zero-order valence-electron chi connectivity index (χ0n) is 8.03. The van der Waals surface area contributed by atoms with Crippen molar-refractivity contribution in [2.75, 3.05) is 5.88 Å². The molecule has 4 heteroatoms. The third-order valence-electron chi connectivity index (χ3n) is 2.77. The van der Waals surface area contributed by atoms with Gasteiger partial charge in [0.15, 0.2) is 5.09 Å². The van der Waals surface area contributed by atoms with Gasteiger partial charge in [-0.2, -0.15) is 0 Å². The lowest BCUT2D eigenvalue weighted by Gasteiger charge is -2.19. The van der Waals surface area contributed by atoms with Crippen LogP contribution in [0.3, 0.4) is 0 Å². The smallest absolute Gasteiger partial charge is 0.161 e. The Morgan fingerprint density at radius 3 is 2.86 bits per heavy atom. The summed E-state index contributed by atoms with van der Waals surface area (Å²) < 4.78 is 5.31. The molecule has 0 atom stereocenters. The number of thioether (sulfide) groups is 1. The largest absolute Gasteiger partial charge is 0.458 e. The van der Waals surface area contributed by atoms with Crippen LogP contribution in [0.1, 0.15) is 31.2 Å². The predicted octanol–water partition coefficient (Wildman–Crippen LogP) is 2.05. The molecule has 0 aromatic carbocycles. The third kappa shape index (κ3) is 1.82. The van der Waals surface area contributed by atoms with Gasteiger partial charge in [0.1, 0.15) is 0 Å². The normalized spacial score (nSPS) is 20.1. The molecule has 1 aliphatic rings. The fourth-order valence-electron chi connectivity index (χ4n) is 1.97. The van der Waals surface area contributed by atoms with Crippen molar-refractivity contribution >= 4 is 11.8 Å². The Labute approximate surface area is 87.7 Å². The number of aliphatic hydroxyl groups is 1. The lowest BCUT2D eigenvalue weighted by atomic mass is 9.95. The first kappa shape index (κ1) is 10.1. The highest BCUT2D eigenvalue weighted by atomic mass is 32.2. The molecule has 0 bridgehead atoms. The third-order valence-corrected chi connectivity index (χ3v) is 3.43. The van der Waals surface area contributed by atoms with Gasteiger partial charge in [0.2, 0.25) is 0 Å². The van der Waals surface area contributed by atoms with Gasteiger partial charge in [-0.3, -0.25) is 0 Å². The highest BCUT2D eigenvalue weighted by Gasteiger charge is 2.34. The summed E-state index contributed by atoms with van der Waals surface area (Å²) >= 11 is 1.45. The van der Waals surface area contributed by atoms with E-state index in [0.717, 1.165) is 36.3 Å². The maximum atomic E-state index is 10.2. The van der Waals surface area contributed by atoms with E-state index in [1.807, 2.05) is 6.07 Å². The highest BCUT2D eigenvalue weighted by molar-refractivity contribution is 7.99. The first-order chi connectivity index (χ1) is 6.74. The van der Waals surface area contributed by atoms with Crippen LogP contribution in [0.15, 0.2) is 21.8 Å². The van der Waals surface area contributed by atoms with Crippen molar-refractivity contribution in [3.63, 3.8) is 0 Å². The van der Waals surface area contributed by atoms with Crippen LogP contribution in [0.2, 0.25) is 0 Å². The van der Waals surface area contributed by atoms with Crippen LogP contribution in [0, 0.1) is 0 Å². The molecule has 0 aliphatic heterocycles. The van der Waals surface area contributed by atoms with Gasteiger partial charge in [-0.15, -0.1) is 0 Å². The summed E-state index contributed by atoms with van der Waals surface area (Å²) in [5.74, 6) is 0.505. The van der Waals surface area contributed by atoms with E-state index in [1.54, 1.807) is 6.26 Å². The lowest BCUT2D eigenvalue weighted by Crippen LogP contribution is -2.19. The van der Waals surface area contributed by atoms with Crippen LogP contribution in [0.5, 0.6) is 0 Å². The first-order valence-corrected chi connectivity index (χ1v) is 5.87. The first-order valence-electron chi connectivity index (χ1n) is 4.89. The van der Waals surface area contributed by atoms with Crippen LogP contribution in [0.25, 0.3) is 0 Å². The molecule has 0 radical (unpaired) electrons. The molecule has 3 N–H and O–H groups in total. The summed E-state index contributed by atoms with van der Waals surface area (Å²) in [6.07, 6.45) is 5.55. The van der Waals surface area contributed by atoms with E-state index in [4.69, 9.17) is 10.2 Å². The van der Waals surface area contributed by atoms with Gasteiger partial charge < -0.3 is 15.3 Å². The summed E-state index contributed by atoms with van der Waals surface area (Å²) in [5, 5.41) is 11.0. The van der Waals surface area contributed by atoms with Gasteiger partial charge in [0.05, 0.1) is 11.9 Å². The Balaban J connectivity index is 2.15. The Kier molecular flexibility index (Phi) is 2.85. The van der Waals surface area contributed by atoms with Gasteiger partial charge in [0.25, 0.3) is 0 Å². The van der Waals surface area contributed by atoms with Crippen molar-refractivity contribution in [3.05, 3.63) is 17.9 Å². The van der Waals surface area contributed by atoms with Gasteiger partial charge in [-0.25, -0.2) is 0 Å². The van der Waals surface area contributed by atoms with E-state index >= 15 is 0 Å². The molecule has 78 valence electrons. The minimum atomic E-state index is -0.642. The molecule has 1 fully saturated rings. The Morgan fingerprint density at radius 2 is 2.21 bits per heavy atom. The fraction of sp³-hybridized carbons (Fsp3) is 0.600. The SMILES string of the molecule is NCSc1cc(C2(O)CCCC2)co1. The van der Waals surface area contributed by atoms with E-state index in [2.05, 4.69) is 0 Å². The van der Waals surface area contributed by atoms with E-state index in [-0.39, 0.29) is 0 Å². The maximum absolute atomic E-state index is 10.2. The van der Waals surface area contributed by atoms with E-state index in [9.17, 15) is 5.11 Å². The molecular formula is C10H15NO2S. The zero-order chi connectivity index (χ0) is 10.0. The topological polar surface area (TPSA) is 59.4 Å². The summed E-state index contributed by atoms with van der Waals surface area (Å²) in [6, 6.07) is 1.91. The Morgan fingerprint density at radius 1 is 1.50 bits per heavy atom. The van der Waals surface area contributed by atoms with Crippen LogP contribution >= 0.6 is 11.8 Å². The van der Waals surface area contributed by atoms with Crippen LogP contribution in [-0.4, -0.2) is 11.0 Å². The highest BCUT2D eigenvalue weighted by Crippen LogP contribution is 2.40. The maximum Gasteiger partial charge on any atom is 0.161 e. The number of furan rings is 1. The van der Waals surface area contributed by atoms with Gasteiger partial charge in [-0.1, -0.05) is 24.6 Å². The van der Waals surface area contributed by atoms with Crippen molar-refractivity contribution in [1.82, 2.24) is 0 Å². The van der Waals surface area contributed by atoms with Crippen molar-refractivity contribution in [2.24, 2.45) is 5.73 Å². The van der Waals surface area contributed by atoms with Crippen LogP contribution in [0.4, 0.5) is 0 Å². The van der Waals surface area contributed by atoms with E-state index in [0.29, 0.717) is 5.88 Å². The monoisotopic (exact) mass is 213 g/mol. The average molecular weight is 213 g/mol. The quantitative estimate of drug-likeness (QED) is 0.596. The second-order valence-electron chi connectivity index (χ2n) is 3.70. The second kappa shape index (κ2) is 3.96. The van der Waals surface area contributed by atoms with Crippen LogP contribution < -0.4 is 5.73 Å². The van der Waals surface area contributed by atoms with Crippen molar-refractivity contribution in [2.45, 2.75) is 36.4 Å². The molecule has 0 saturated heterocycles. The Bertz CT molecular complexity index is 305. The standard InChI is InChI=1S/C10H15NO2S/c11-7-14-9-5-8(6-13-9)10(12)3-1-2-4-10/h5-6,12H,1-4,7,11H2. The molecule has 14 heavy (non-hydrogen) atoms. The molecule has 1 aliphatic carbocycles. The molecule has 1 heterocycles. The molecule has 1 saturated carbocycles. The minimum absolute atomic E-state index is 0.505. The molecule has 1 aromatic rings. The molecule has 0 amide bonds. The number of rotatable bonds is 3. The van der Waals surface area contributed by atoms with Gasteiger partial charge in [0, 0.05) is 11.4 Å². The average Bonchev–Trinajstić information content (AvgIpc) is 2.75. The van der Waals surface area contributed by atoms with Gasteiger partial charge in [-0.05, 0) is 18.9 Å². The molecule has 0 unspecified atom stereocenters. The van der Waals surface area contributed by atoms with Crippen molar-refractivity contribution in [3.8, 4) is 0 Å². The molecule has 2 rings (SSSR count). The number of hydrogen-bond acceptors (Lipinski definition) is 4. The molecular weight excluding hydrogens is 198 g/mol. The van der Waals surface area contributed by atoms with E-state index < -0.39 is 5.60 Å². The summed E-state index contributed by atoms with van der Waals surface area (Å²) in [5.41, 5.74) is 5.66. The summed E-state index contributed by atoms with van der Waals surface area (Å²) in [4.78, 5) is 0. The summed E-state index contributed by atoms with van der Waals surface area (Å²) in [6.45, 7) is 0. The van der Waals surface area contributed by atoms with E-state index in [1.165, 1.54) is 11.8 Å². The minimum Gasteiger partial charge on any atom is -0.458 e. The second-order valence-corrected chi connectivity index (χ2v) is 4.73. The molecule has 1 aromatic heterocycles. The van der Waals surface area contributed by atoms with Crippen LogP contribution in [-0.2, 0) is 5.60 Å². The Hall–Kier alpha value is -0.450. The number of hydrogen-bond donors (Lipinski definition) is 2. The molecule has 0 spiro atoms. The van der Waals surface area contributed by atoms with Gasteiger partial charge >= 0.3 is 0 Å². The fourth-order valence-corrected chi connectivity index (χ4v) is 2.46.